The maximum absolute atomic E-state index is 9.54. The van der Waals surface area contributed by atoms with Crippen molar-refractivity contribution in [3.63, 3.8) is 0 Å². The second-order valence-corrected chi connectivity index (χ2v) is 4.85. The largest absolute Gasteiger partial charge is 0.391 e. The predicted octanol–water partition coefficient (Wildman–Crippen LogP) is 1.63. The number of piperidine rings is 1. The number of ether oxygens (including phenoxy) is 1. The summed E-state index contributed by atoms with van der Waals surface area (Å²) in [5, 5.41) is 10.2. The van der Waals surface area contributed by atoms with Gasteiger partial charge in [0.2, 0.25) is 0 Å². The van der Waals surface area contributed by atoms with Crippen LogP contribution >= 0.6 is 15.9 Å². The van der Waals surface area contributed by atoms with Crippen LogP contribution in [0.25, 0.3) is 0 Å². The van der Waals surface area contributed by atoms with Crippen LogP contribution in [0.3, 0.4) is 0 Å². The number of halogens is 1. The van der Waals surface area contributed by atoms with E-state index in [9.17, 15) is 5.11 Å². The van der Waals surface area contributed by atoms with Crippen LogP contribution < -0.4 is 0 Å². The molecule has 0 aromatic carbocycles. The summed E-state index contributed by atoms with van der Waals surface area (Å²) < 4.78 is 5.74. The molecule has 0 radical (unpaired) electrons. The van der Waals surface area contributed by atoms with E-state index < -0.39 is 0 Å². The Bertz CT molecular complexity index is 169. The molecule has 15 heavy (non-hydrogen) atoms. The van der Waals surface area contributed by atoms with Gasteiger partial charge in [-0.2, -0.15) is 0 Å². The summed E-state index contributed by atoms with van der Waals surface area (Å²) in [6, 6.07) is 0. The second-order valence-electron chi connectivity index (χ2n) is 4.20. The van der Waals surface area contributed by atoms with Crippen LogP contribution in [0.2, 0.25) is 0 Å². The van der Waals surface area contributed by atoms with Crippen LogP contribution in [0.4, 0.5) is 0 Å². The van der Waals surface area contributed by atoms with E-state index in [1.54, 1.807) is 0 Å². The molecule has 1 aliphatic rings. The molecule has 0 saturated carbocycles. The topological polar surface area (TPSA) is 32.7 Å². The lowest BCUT2D eigenvalue weighted by Gasteiger charge is -2.33. The first-order valence-corrected chi connectivity index (χ1v) is 6.96. The van der Waals surface area contributed by atoms with E-state index in [4.69, 9.17) is 4.74 Å². The SMILES string of the molecule is CCCOC1CCCN(CC(O)CBr)C1. The monoisotopic (exact) mass is 279 g/mol. The number of aliphatic hydroxyl groups is 1. The minimum Gasteiger partial charge on any atom is -0.391 e. The fraction of sp³-hybridized carbons (Fsp3) is 1.00. The molecule has 1 saturated heterocycles. The standard InChI is InChI=1S/C11H22BrNO2/c1-2-6-15-11-4-3-5-13(9-11)8-10(14)7-12/h10-11,14H,2-9H2,1H3. The Morgan fingerprint density at radius 3 is 3.07 bits per heavy atom. The van der Waals surface area contributed by atoms with E-state index in [1.807, 2.05) is 0 Å². The molecule has 1 heterocycles. The van der Waals surface area contributed by atoms with Gasteiger partial charge in [-0.15, -0.1) is 0 Å². The van der Waals surface area contributed by atoms with Crippen molar-refractivity contribution < 1.29 is 9.84 Å². The summed E-state index contributed by atoms with van der Waals surface area (Å²) in [6.07, 6.45) is 3.56. The highest BCUT2D eigenvalue weighted by Gasteiger charge is 2.21. The third-order valence-electron chi connectivity index (χ3n) is 2.67. The number of rotatable bonds is 6. The normalized spacial score (nSPS) is 25.4. The van der Waals surface area contributed by atoms with Gasteiger partial charge in [0.1, 0.15) is 0 Å². The Morgan fingerprint density at radius 2 is 2.40 bits per heavy atom. The van der Waals surface area contributed by atoms with E-state index in [2.05, 4.69) is 27.8 Å². The first-order valence-electron chi connectivity index (χ1n) is 5.84. The van der Waals surface area contributed by atoms with Crippen molar-refractivity contribution in [2.75, 3.05) is 31.6 Å². The molecule has 0 amide bonds. The van der Waals surface area contributed by atoms with Crippen molar-refractivity contribution >= 4 is 15.9 Å². The van der Waals surface area contributed by atoms with Crippen LogP contribution in [0.1, 0.15) is 26.2 Å². The van der Waals surface area contributed by atoms with Crippen molar-refractivity contribution in [2.24, 2.45) is 0 Å². The summed E-state index contributed by atoms with van der Waals surface area (Å²) in [5.41, 5.74) is 0. The van der Waals surface area contributed by atoms with E-state index in [0.717, 1.165) is 32.7 Å². The average molecular weight is 280 g/mol. The number of β-amino-alcohol motifs (C(OH)–C–C–N with tert-alkyl or cyclic N) is 1. The van der Waals surface area contributed by atoms with Crippen molar-refractivity contribution in [3.05, 3.63) is 0 Å². The number of likely N-dealkylation sites (tertiary alicyclic amines) is 1. The highest BCUT2D eigenvalue weighted by molar-refractivity contribution is 9.09. The molecule has 1 N–H and O–H groups in total. The molecule has 1 aliphatic heterocycles. The van der Waals surface area contributed by atoms with Gasteiger partial charge in [-0.25, -0.2) is 0 Å². The summed E-state index contributed by atoms with van der Waals surface area (Å²) in [5.74, 6) is 0. The molecule has 1 fully saturated rings. The Hall–Kier alpha value is 0.360. The average Bonchev–Trinajstić information content (AvgIpc) is 2.26. The van der Waals surface area contributed by atoms with Gasteiger partial charge in [-0.1, -0.05) is 22.9 Å². The molecule has 1 rings (SSSR count). The zero-order valence-corrected chi connectivity index (χ0v) is 11.1. The molecule has 0 aromatic heterocycles. The van der Waals surface area contributed by atoms with Crippen molar-refractivity contribution in [1.82, 2.24) is 4.90 Å². The first kappa shape index (κ1) is 13.4. The minimum atomic E-state index is -0.255. The maximum atomic E-state index is 9.54. The predicted molar refractivity (Wildman–Crippen MR) is 65.5 cm³/mol. The summed E-state index contributed by atoms with van der Waals surface area (Å²) >= 11 is 3.29. The van der Waals surface area contributed by atoms with Crippen LogP contribution in [0.15, 0.2) is 0 Å². The lowest BCUT2D eigenvalue weighted by molar-refractivity contribution is -0.00941. The van der Waals surface area contributed by atoms with Gasteiger partial charge >= 0.3 is 0 Å². The smallest absolute Gasteiger partial charge is 0.0763 e. The molecule has 2 unspecified atom stereocenters. The van der Waals surface area contributed by atoms with Gasteiger partial charge in [0.25, 0.3) is 0 Å². The van der Waals surface area contributed by atoms with E-state index in [-0.39, 0.29) is 6.10 Å². The van der Waals surface area contributed by atoms with Crippen molar-refractivity contribution in [3.8, 4) is 0 Å². The fourth-order valence-electron chi connectivity index (χ4n) is 1.95. The van der Waals surface area contributed by atoms with Gasteiger partial charge in [0, 0.05) is 25.0 Å². The second kappa shape index (κ2) is 7.60. The summed E-state index contributed by atoms with van der Waals surface area (Å²) in [6.45, 7) is 5.83. The lowest BCUT2D eigenvalue weighted by Crippen LogP contribution is -2.43. The minimum absolute atomic E-state index is 0.255. The van der Waals surface area contributed by atoms with Crippen molar-refractivity contribution in [2.45, 2.75) is 38.4 Å². The zero-order valence-electron chi connectivity index (χ0n) is 9.49. The van der Waals surface area contributed by atoms with Gasteiger partial charge < -0.3 is 9.84 Å². The molecule has 2 atom stereocenters. The lowest BCUT2D eigenvalue weighted by atomic mass is 10.1. The number of nitrogens with zero attached hydrogens (tertiary/aromatic N) is 1. The van der Waals surface area contributed by atoms with E-state index >= 15 is 0 Å². The molecule has 90 valence electrons. The fourth-order valence-corrected chi connectivity index (χ4v) is 2.15. The first-order chi connectivity index (χ1) is 7.26. The van der Waals surface area contributed by atoms with Crippen LogP contribution in [-0.2, 0) is 4.74 Å². The van der Waals surface area contributed by atoms with Crippen LogP contribution in [0, 0.1) is 0 Å². The molecule has 0 spiro atoms. The van der Waals surface area contributed by atoms with Crippen LogP contribution in [0.5, 0.6) is 0 Å². The highest BCUT2D eigenvalue weighted by atomic mass is 79.9. The van der Waals surface area contributed by atoms with Crippen LogP contribution in [-0.4, -0.2) is 53.8 Å². The van der Waals surface area contributed by atoms with Gasteiger partial charge in [-0.05, 0) is 25.8 Å². The Balaban J connectivity index is 2.22. The van der Waals surface area contributed by atoms with Gasteiger partial charge in [0.15, 0.2) is 0 Å². The molecule has 4 heteroatoms. The zero-order chi connectivity index (χ0) is 11.1. The molecule has 3 nitrogen and oxygen atoms in total. The van der Waals surface area contributed by atoms with Gasteiger partial charge in [0.05, 0.1) is 12.2 Å². The molecular formula is C11H22BrNO2. The number of aliphatic hydroxyl groups excluding tert-OH is 1. The third-order valence-corrected chi connectivity index (χ3v) is 3.41. The van der Waals surface area contributed by atoms with Crippen molar-refractivity contribution in [1.29, 1.82) is 0 Å². The quantitative estimate of drug-likeness (QED) is 0.751. The van der Waals surface area contributed by atoms with E-state index in [1.165, 1.54) is 12.8 Å². The number of alkyl halides is 1. The molecular weight excluding hydrogens is 258 g/mol. The number of hydrogen-bond acceptors (Lipinski definition) is 3. The van der Waals surface area contributed by atoms with E-state index in [0.29, 0.717) is 11.4 Å². The molecule has 0 bridgehead atoms. The molecule has 0 aromatic rings. The highest BCUT2D eigenvalue weighted by Crippen LogP contribution is 2.14. The number of hydrogen-bond donors (Lipinski definition) is 1. The maximum Gasteiger partial charge on any atom is 0.0763 e. The Morgan fingerprint density at radius 1 is 1.60 bits per heavy atom. The Kier molecular flexibility index (Phi) is 6.81. The third kappa shape index (κ3) is 5.29. The summed E-state index contributed by atoms with van der Waals surface area (Å²) in [7, 11) is 0. The summed E-state index contributed by atoms with van der Waals surface area (Å²) in [4.78, 5) is 2.30. The Labute approximate surface area is 101 Å². The van der Waals surface area contributed by atoms with Gasteiger partial charge in [-0.3, -0.25) is 4.90 Å². The molecule has 0 aliphatic carbocycles.